The van der Waals surface area contributed by atoms with E-state index in [0.29, 0.717) is 11.8 Å². The maximum absolute atomic E-state index is 12.3. The summed E-state index contributed by atoms with van der Waals surface area (Å²) in [6.45, 7) is 0. The van der Waals surface area contributed by atoms with Gasteiger partial charge in [-0.2, -0.15) is 0 Å². The van der Waals surface area contributed by atoms with Crippen LogP contribution in [0.3, 0.4) is 0 Å². The van der Waals surface area contributed by atoms with Crippen molar-refractivity contribution < 1.29 is 9.90 Å². The minimum Gasteiger partial charge on any atom is -0.391 e. The molecule has 0 saturated heterocycles. The van der Waals surface area contributed by atoms with E-state index >= 15 is 0 Å². The number of H-pyrrole nitrogens is 1. The molecule has 2 aromatic rings. The summed E-state index contributed by atoms with van der Waals surface area (Å²) in [6, 6.07) is 8.57. The Morgan fingerprint density at radius 3 is 2.81 bits per heavy atom. The Labute approximate surface area is 122 Å². The molecule has 1 aliphatic rings. The molecule has 1 saturated carbocycles. The van der Waals surface area contributed by atoms with Gasteiger partial charge >= 0.3 is 0 Å². The minimum absolute atomic E-state index is 0.233. The molecule has 2 atom stereocenters. The van der Waals surface area contributed by atoms with Gasteiger partial charge in [-0.05, 0) is 30.4 Å². The third-order valence-electron chi connectivity index (χ3n) is 4.04. The lowest BCUT2D eigenvalue weighted by atomic mass is 9.92. The van der Waals surface area contributed by atoms with Crippen LogP contribution >= 0.6 is 0 Å². The lowest BCUT2D eigenvalue weighted by Crippen LogP contribution is -2.45. The molecule has 1 heterocycles. The van der Waals surface area contributed by atoms with Crippen LogP contribution in [0.5, 0.6) is 0 Å². The van der Waals surface area contributed by atoms with E-state index in [-0.39, 0.29) is 23.2 Å². The molecule has 0 unspecified atom stereocenters. The SMILES string of the molecule is O=C(N[C@@H]1CCCC[C@H]1O)c1cc2ccccc2c(=O)[nH]1. The Balaban J connectivity index is 1.86. The summed E-state index contributed by atoms with van der Waals surface area (Å²) in [5.41, 5.74) is -0.0427. The molecular weight excluding hydrogens is 268 g/mol. The van der Waals surface area contributed by atoms with Gasteiger partial charge in [0.2, 0.25) is 0 Å². The van der Waals surface area contributed by atoms with Crippen LogP contribution in [-0.2, 0) is 0 Å². The molecule has 1 aromatic heterocycles. The number of aromatic nitrogens is 1. The molecule has 3 rings (SSSR count). The largest absolute Gasteiger partial charge is 0.391 e. The first-order chi connectivity index (χ1) is 10.1. The molecule has 110 valence electrons. The molecule has 21 heavy (non-hydrogen) atoms. The van der Waals surface area contributed by atoms with Gasteiger partial charge in [-0.3, -0.25) is 9.59 Å². The Morgan fingerprint density at radius 2 is 2.00 bits per heavy atom. The lowest BCUT2D eigenvalue weighted by molar-refractivity contribution is 0.0714. The fourth-order valence-electron chi connectivity index (χ4n) is 2.86. The topological polar surface area (TPSA) is 82.2 Å². The first kappa shape index (κ1) is 13.8. The highest BCUT2D eigenvalue weighted by Gasteiger charge is 2.25. The van der Waals surface area contributed by atoms with Gasteiger partial charge < -0.3 is 15.4 Å². The number of pyridine rings is 1. The zero-order valence-electron chi connectivity index (χ0n) is 11.6. The van der Waals surface area contributed by atoms with Crippen molar-refractivity contribution in [3.8, 4) is 0 Å². The predicted molar refractivity (Wildman–Crippen MR) is 80.3 cm³/mol. The highest BCUT2D eigenvalue weighted by Crippen LogP contribution is 2.19. The number of fused-ring (bicyclic) bond motifs is 1. The Morgan fingerprint density at radius 1 is 1.24 bits per heavy atom. The summed E-state index contributed by atoms with van der Waals surface area (Å²) in [7, 11) is 0. The molecule has 1 aromatic carbocycles. The standard InChI is InChI=1S/C16H18N2O3/c19-14-8-4-3-7-12(14)17-16(21)13-9-10-5-1-2-6-11(10)15(20)18-13/h1-2,5-6,9,12,14,19H,3-4,7-8H2,(H,17,21)(H,18,20)/t12-,14-/m1/s1. The zero-order chi connectivity index (χ0) is 14.8. The third kappa shape index (κ3) is 2.83. The van der Waals surface area contributed by atoms with Crippen molar-refractivity contribution in [3.05, 3.63) is 46.4 Å². The van der Waals surface area contributed by atoms with Crippen LogP contribution in [0, 0.1) is 0 Å². The van der Waals surface area contributed by atoms with Gasteiger partial charge in [0.1, 0.15) is 5.69 Å². The molecule has 1 fully saturated rings. The van der Waals surface area contributed by atoms with Crippen LogP contribution in [0.2, 0.25) is 0 Å². The first-order valence-electron chi connectivity index (χ1n) is 7.26. The fourth-order valence-corrected chi connectivity index (χ4v) is 2.86. The zero-order valence-corrected chi connectivity index (χ0v) is 11.6. The average Bonchev–Trinajstić information content (AvgIpc) is 2.49. The van der Waals surface area contributed by atoms with E-state index in [9.17, 15) is 14.7 Å². The summed E-state index contributed by atoms with van der Waals surface area (Å²) in [5, 5.41) is 14.0. The average molecular weight is 286 g/mol. The van der Waals surface area contributed by atoms with Gasteiger partial charge in [0.05, 0.1) is 12.1 Å². The number of rotatable bonds is 2. The highest BCUT2D eigenvalue weighted by molar-refractivity contribution is 5.96. The van der Waals surface area contributed by atoms with Crippen LogP contribution in [-0.4, -0.2) is 28.1 Å². The molecule has 1 aliphatic carbocycles. The Kier molecular flexibility index (Phi) is 3.75. The van der Waals surface area contributed by atoms with Crippen molar-refractivity contribution >= 4 is 16.7 Å². The van der Waals surface area contributed by atoms with E-state index in [1.165, 1.54) is 0 Å². The molecule has 5 nitrogen and oxygen atoms in total. The van der Waals surface area contributed by atoms with Gasteiger partial charge in [0.25, 0.3) is 11.5 Å². The van der Waals surface area contributed by atoms with Gasteiger partial charge in [-0.25, -0.2) is 0 Å². The van der Waals surface area contributed by atoms with Crippen LogP contribution in [0.25, 0.3) is 10.8 Å². The van der Waals surface area contributed by atoms with Crippen molar-refractivity contribution in [2.75, 3.05) is 0 Å². The van der Waals surface area contributed by atoms with Crippen LogP contribution in [0.1, 0.15) is 36.2 Å². The second-order valence-corrected chi connectivity index (χ2v) is 5.53. The number of aromatic amines is 1. The summed E-state index contributed by atoms with van der Waals surface area (Å²) in [6.07, 6.45) is 2.95. The summed E-state index contributed by atoms with van der Waals surface area (Å²) < 4.78 is 0. The van der Waals surface area contributed by atoms with Crippen LogP contribution in [0.4, 0.5) is 0 Å². The Bertz CT molecular complexity index is 723. The van der Waals surface area contributed by atoms with Gasteiger partial charge in [0, 0.05) is 5.39 Å². The number of nitrogens with one attached hydrogen (secondary N) is 2. The van der Waals surface area contributed by atoms with E-state index in [1.807, 2.05) is 6.07 Å². The molecule has 3 N–H and O–H groups in total. The van der Waals surface area contributed by atoms with Crippen molar-refractivity contribution in [1.82, 2.24) is 10.3 Å². The Hall–Kier alpha value is -2.14. The van der Waals surface area contributed by atoms with E-state index in [1.54, 1.807) is 24.3 Å². The van der Waals surface area contributed by atoms with Crippen molar-refractivity contribution in [1.29, 1.82) is 0 Å². The number of aliphatic hydroxyl groups excluding tert-OH is 1. The van der Waals surface area contributed by atoms with E-state index in [2.05, 4.69) is 10.3 Å². The molecule has 1 amide bonds. The molecule has 0 bridgehead atoms. The minimum atomic E-state index is -0.505. The van der Waals surface area contributed by atoms with Crippen LogP contribution < -0.4 is 10.9 Å². The fraction of sp³-hybridized carbons (Fsp3) is 0.375. The molecule has 0 radical (unpaired) electrons. The normalized spacial score (nSPS) is 22.1. The third-order valence-corrected chi connectivity index (χ3v) is 4.04. The van der Waals surface area contributed by atoms with Crippen molar-refractivity contribution in [2.45, 2.75) is 37.8 Å². The van der Waals surface area contributed by atoms with E-state index in [0.717, 1.165) is 24.6 Å². The van der Waals surface area contributed by atoms with Crippen molar-refractivity contribution in [3.63, 3.8) is 0 Å². The number of amides is 1. The highest BCUT2D eigenvalue weighted by atomic mass is 16.3. The number of aliphatic hydroxyl groups is 1. The van der Waals surface area contributed by atoms with E-state index in [4.69, 9.17) is 0 Å². The second kappa shape index (κ2) is 5.69. The quantitative estimate of drug-likeness (QED) is 0.783. The monoisotopic (exact) mass is 286 g/mol. The van der Waals surface area contributed by atoms with Crippen LogP contribution in [0.15, 0.2) is 35.1 Å². The maximum atomic E-state index is 12.3. The number of hydrogen-bond acceptors (Lipinski definition) is 3. The second-order valence-electron chi connectivity index (χ2n) is 5.53. The van der Waals surface area contributed by atoms with E-state index < -0.39 is 6.10 Å². The molecule has 5 heteroatoms. The smallest absolute Gasteiger partial charge is 0.268 e. The summed E-state index contributed by atoms with van der Waals surface area (Å²) in [4.78, 5) is 26.8. The van der Waals surface area contributed by atoms with Gasteiger partial charge in [0.15, 0.2) is 0 Å². The number of hydrogen-bond donors (Lipinski definition) is 3. The molecule has 0 aliphatic heterocycles. The summed E-state index contributed by atoms with van der Waals surface area (Å²) >= 11 is 0. The number of carbonyl (C=O) groups is 1. The van der Waals surface area contributed by atoms with Gasteiger partial charge in [-0.15, -0.1) is 0 Å². The molecular formula is C16H18N2O3. The first-order valence-corrected chi connectivity index (χ1v) is 7.26. The number of benzene rings is 1. The predicted octanol–water partition coefficient (Wildman–Crippen LogP) is 1.56. The van der Waals surface area contributed by atoms with Gasteiger partial charge in [-0.1, -0.05) is 31.0 Å². The van der Waals surface area contributed by atoms with Crippen molar-refractivity contribution in [2.24, 2.45) is 0 Å². The lowest BCUT2D eigenvalue weighted by Gasteiger charge is -2.28. The number of carbonyl (C=O) groups excluding carboxylic acids is 1. The molecule has 0 spiro atoms. The maximum Gasteiger partial charge on any atom is 0.268 e. The summed E-state index contributed by atoms with van der Waals surface area (Å²) in [5.74, 6) is -0.344.